The van der Waals surface area contributed by atoms with Crippen molar-refractivity contribution in [2.75, 3.05) is 27.2 Å². The van der Waals surface area contributed by atoms with Gasteiger partial charge in [-0.25, -0.2) is 4.98 Å². The van der Waals surface area contributed by atoms with E-state index in [1.807, 2.05) is 35.2 Å². The summed E-state index contributed by atoms with van der Waals surface area (Å²) in [6.45, 7) is 3.26. The van der Waals surface area contributed by atoms with Crippen LogP contribution in [0.15, 0.2) is 67.0 Å². The molecule has 6 nitrogen and oxygen atoms in total. The maximum atomic E-state index is 13.4. The molecule has 0 bridgehead atoms. The minimum absolute atomic E-state index is 0.104. The number of hydrogen-bond acceptors (Lipinski definition) is 4. The van der Waals surface area contributed by atoms with Crippen LogP contribution in [0.2, 0.25) is 0 Å². The van der Waals surface area contributed by atoms with Crippen molar-refractivity contribution >= 4 is 16.9 Å². The lowest BCUT2D eigenvalue weighted by Crippen LogP contribution is -2.27. The van der Waals surface area contributed by atoms with E-state index in [0.717, 1.165) is 59.5 Å². The molecule has 33 heavy (non-hydrogen) atoms. The minimum Gasteiger partial charge on any atom is -0.334 e. The normalized spacial score (nSPS) is 13.3. The third-order valence-electron chi connectivity index (χ3n) is 6.33. The first-order valence-corrected chi connectivity index (χ1v) is 11.5. The molecule has 0 atom stereocenters. The molecule has 0 saturated heterocycles. The average molecular weight is 440 g/mol. The maximum Gasteiger partial charge on any atom is 0.255 e. The third kappa shape index (κ3) is 4.26. The predicted molar refractivity (Wildman–Crippen MR) is 131 cm³/mol. The van der Waals surface area contributed by atoms with Gasteiger partial charge < -0.3 is 14.4 Å². The highest BCUT2D eigenvalue weighted by Crippen LogP contribution is 2.32. The highest BCUT2D eigenvalue weighted by molar-refractivity contribution is 6.04. The molecule has 0 spiro atoms. The Labute approximate surface area is 194 Å². The summed E-state index contributed by atoms with van der Waals surface area (Å²) in [6.07, 6.45) is 5.34. The molecule has 0 fully saturated rings. The molecule has 2 aromatic heterocycles. The summed E-state index contributed by atoms with van der Waals surface area (Å²) in [4.78, 5) is 26.6. The zero-order valence-corrected chi connectivity index (χ0v) is 19.2. The van der Waals surface area contributed by atoms with Crippen LogP contribution in [0.5, 0.6) is 0 Å². The van der Waals surface area contributed by atoms with Crippen molar-refractivity contribution < 1.29 is 4.79 Å². The number of carbonyl (C=O) groups excluding carboxylic acids is 1. The summed E-state index contributed by atoms with van der Waals surface area (Å²) in [5.74, 6) is 1.15. The summed E-state index contributed by atoms with van der Waals surface area (Å²) < 4.78 is 2.33. The van der Waals surface area contributed by atoms with Crippen LogP contribution in [0.1, 0.15) is 28.2 Å². The Morgan fingerprint density at radius 3 is 2.61 bits per heavy atom. The number of rotatable bonds is 8. The SMILES string of the molecule is CN(C)CCCn1c(CCN2Cc3cccc(-c4ccncc4)c3C2=O)nc2ccccc21. The Morgan fingerprint density at radius 2 is 1.79 bits per heavy atom. The second-order valence-corrected chi connectivity index (χ2v) is 8.88. The molecule has 0 aliphatic carbocycles. The second-order valence-electron chi connectivity index (χ2n) is 8.88. The van der Waals surface area contributed by atoms with E-state index in [1.54, 1.807) is 12.4 Å². The summed E-state index contributed by atoms with van der Waals surface area (Å²) in [5.41, 5.74) is 6.12. The van der Waals surface area contributed by atoms with Gasteiger partial charge in [-0.2, -0.15) is 0 Å². The average Bonchev–Trinajstić information content (AvgIpc) is 3.35. The molecular formula is C27H29N5O. The van der Waals surface area contributed by atoms with Crippen LogP contribution in [0.4, 0.5) is 0 Å². The number of nitrogens with zero attached hydrogens (tertiary/aromatic N) is 5. The van der Waals surface area contributed by atoms with Gasteiger partial charge in [0.15, 0.2) is 0 Å². The lowest BCUT2D eigenvalue weighted by atomic mass is 9.97. The van der Waals surface area contributed by atoms with Crippen molar-refractivity contribution in [1.82, 2.24) is 24.3 Å². The van der Waals surface area contributed by atoms with Gasteiger partial charge in [0.2, 0.25) is 0 Å². The van der Waals surface area contributed by atoms with Crippen LogP contribution in [-0.2, 0) is 19.5 Å². The van der Waals surface area contributed by atoms with Crippen LogP contribution in [0.25, 0.3) is 22.2 Å². The standard InChI is InChI=1S/C27H29N5O/c1-30(2)16-6-17-32-24-10-4-3-9-23(24)29-25(32)13-18-31-19-21-7-5-8-22(26(21)27(31)33)20-11-14-28-15-12-20/h3-5,7-12,14-15H,6,13,16-19H2,1-2H3. The van der Waals surface area contributed by atoms with Gasteiger partial charge in [0.25, 0.3) is 5.91 Å². The van der Waals surface area contributed by atoms with Crippen molar-refractivity contribution in [1.29, 1.82) is 0 Å². The molecule has 0 unspecified atom stereocenters. The fourth-order valence-electron chi connectivity index (χ4n) is 4.72. The number of fused-ring (bicyclic) bond motifs is 2. The van der Waals surface area contributed by atoms with Crippen molar-refractivity contribution in [2.45, 2.75) is 25.9 Å². The molecule has 1 amide bonds. The summed E-state index contributed by atoms with van der Waals surface area (Å²) >= 11 is 0. The number of amides is 1. The molecule has 6 heteroatoms. The molecular weight excluding hydrogens is 410 g/mol. The Kier molecular flexibility index (Phi) is 5.92. The fourth-order valence-corrected chi connectivity index (χ4v) is 4.72. The number of carbonyl (C=O) groups is 1. The monoisotopic (exact) mass is 439 g/mol. The van der Waals surface area contributed by atoms with Crippen molar-refractivity contribution in [3.63, 3.8) is 0 Å². The van der Waals surface area contributed by atoms with E-state index in [4.69, 9.17) is 4.98 Å². The topological polar surface area (TPSA) is 54.3 Å². The number of para-hydroxylation sites is 2. The largest absolute Gasteiger partial charge is 0.334 e. The Balaban J connectivity index is 1.36. The van der Waals surface area contributed by atoms with Gasteiger partial charge in [0.1, 0.15) is 5.82 Å². The Morgan fingerprint density at radius 1 is 0.970 bits per heavy atom. The molecule has 3 heterocycles. The van der Waals surface area contributed by atoms with Crippen molar-refractivity contribution in [3.05, 3.63) is 83.9 Å². The summed E-state index contributed by atoms with van der Waals surface area (Å²) in [5, 5.41) is 0. The molecule has 1 aliphatic heterocycles. The van der Waals surface area contributed by atoms with Crippen LogP contribution in [0.3, 0.4) is 0 Å². The van der Waals surface area contributed by atoms with Gasteiger partial charge in [0.05, 0.1) is 16.6 Å². The quantitative estimate of drug-likeness (QED) is 0.412. The predicted octanol–water partition coefficient (Wildman–Crippen LogP) is 4.25. The molecule has 168 valence electrons. The number of aryl methyl sites for hydroxylation is 1. The smallest absolute Gasteiger partial charge is 0.255 e. The van der Waals surface area contributed by atoms with Crippen LogP contribution < -0.4 is 0 Å². The van der Waals surface area contributed by atoms with Gasteiger partial charge in [0, 0.05) is 38.4 Å². The van der Waals surface area contributed by atoms with Gasteiger partial charge in [-0.05, 0) is 68.0 Å². The molecule has 1 aliphatic rings. The van der Waals surface area contributed by atoms with Gasteiger partial charge in [-0.15, -0.1) is 0 Å². The van der Waals surface area contributed by atoms with E-state index in [-0.39, 0.29) is 5.91 Å². The first-order valence-electron chi connectivity index (χ1n) is 11.5. The van der Waals surface area contributed by atoms with Crippen molar-refractivity contribution in [2.24, 2.45) is 0 Å². The number of imidazole rings is 1. The zero-order chi connectivity index (χ0) is 22.8. The lowest BCUT2D eigenvalue weighted by Gasteiger charge is -2.17. The molecule has 0 radical (unpaired) electrons. The first kappa shape index (κ1) is 21.3. The first-order chi connectivity index (χ1) is 16.1. The lowest BCUT2D eigenvalue weighted by molar-refractivity contribution is 0.0780. The summed E-state index contributed by atoms with van der Waals surface area (Å²) in [6, 6.07) is 18.4. The molecule has 0 saturated carbocycles. The fraction of sp³-hybridized carbons (Fsp3) is 0.296. The van der Waals surface area contributed by atoms with Crippen LogP contribution in [-0.4, -0.2) is 57.4 Å². The molecule has 4 aromatic rings. The summed E-state index contributed by atoms with van der Waals surface area (Å²) in [7, 11) is 4.20. The number of aromatic nitrogens is 3. The van der Waals surface area contributed by atoms with Crippen LogP contribution >= 0.6 is 0 Å². The highest BCUT2D eigenvalue weighted by atomic mass is 16.2. The number of pyridine rings is 1. The molecule has 5 rings (SSSR count). The molecule has 0 N–H and O–H groups in total. The van der Waals surface area contributed by atoms with E-state index in [9.17, 15) is 4.79 Å². The Bertz CT molecular complexity index is 1280. The van der Waals surface area contributed by atoms with E-state index in [2.05, 4.69) is 52.8 Å². The minimum atomic E-state index is 0.104. The number of benzene rings is 2. The van der Waals surface area contributed by atoms with E-state index >= 15 is 0 Å². The van der Waals surface area contributed by atoms with E-state index in [0.29, 0.717) is 13.1 Å². The van der Waals surface area contributed by atoms with E-state index < -0.39 is 0 Å². The Hall–Kier alpha value is -3.51. The second kappa shape index (κ2) is 9.16. The van der Waals surface area contributed by atoms with Gasteiger partial charge >= 0.3 is 0 Å². The zero-order valence-electron chi connectivity index (χ0n) is 19.2. The molecule has 2 aromatic carbocycles. The highest BCUT2D eigenvalue weighted by Gasteiger charge is 2.30. The van der Waals surface area contributed by atoms with E-state index in [1.165, 1.54) is 5.52 Å². The number of hydrogen-bond donors (Lipinski definition) is 0. The third-order valence-corrected chi connectivity index (χ3v) is 6.33. The van der Waals surface area contributed by atoms with Gasteiger partial charge in [-0.1, -0.05) is 30.3 Å². The van der Waals surface area contributed by atoms with Crippen molar-refractivity contribution in [3.8, 4) is 11.1 Å². The maximum absolute atomic E-state index is 13.4. The van der Waals surface area contributed by atoms with Gasteiger partial charge in [-0.3, -0.25) is 9.78 Å². The van der Waals surface area contributed by atoms with Crippen LogP contribution in [0, 0.1) is 0 Å².